The summed E-state index contributed by atoms with van der Waals surface area (Å²) in [5, 5.41) is 0. The van der Waals surface area contributed by atoms with Crippen molar-refractivity contribution in [3.8, 4) is 0 Å². The molecule has 0 N–H and O–H groups in total. The molecule has 0 aromatic heterocycles. The lowest BCUT2D eigenvalue weighted by Gasteiger charge is -2.16. The van der Waals surface area contributed by atoms with E-state index in [1.165, 1.54) is 19.2 Å². The van der Waals surface area contributed by atoms with Crippen LogP contribution in [0.25, 0.3) is 0 Å². The summed E-state index contributed by atoms with van der Waals surface area (Å²) in [4.78, 5) is 11.7. The van der Waals surface area contributed by atoms with Gasteiger partial charge in [-0.2, -0.15) is 0 Å². The number of ether oxygens (including phenoxy) is 1. The van der Waals surface area contributed by atoms with E-state index in [1.807, 2.05) is 13.8 Å². The van der Waals surface area contributed by atoms with Crippen molar-refractivity contribution in [1.82, 2.24) is 0 Å². The van der Waals surface area contributed by atoms with Crippen LogP contribution in [0.5, 0.6) is 0 Å². The molecule has 2 nitrogen and oxygen atoms in total. The minimum absolute atomic E-state index is 0.00380. The van der Waals surface area contributed by atoms with E-state index in [0.717, 1.165) is 0 Å². The van der Waals surface area contributed by atoms with Gasteiger partial charge in [-0.05, 0) is 17.7 Å². The largest absolute Gasteiger partial charge is 0.369 e. The summed E-state index contributed by atoms with van der Waals surface area (Å²) in [6.45, 7) is 3.63. The molecule has 0 aliphatic heterocycles. The normalized spacial score (nSPS) is 12.9. The van der Waals surface area contributed by atoms with Gasteiger partial charge in [-0.15, -0.1) is 0 Å². The summed E-state index contributed by atoms with van der Waals surface area (Å²) < 4.78 is 17.8. The van der Waals surface area contributed by atoms with Gasteiger partial charge in [0.1, 0.15) is 11.9 Å². The van der Waals surface area contributed by atoms with Crippen molar-refractivity contribution in [2.24, 2.45) is 5.92 Å². The van der Waals surface area contributed by atoms with Crippen molar-refractivity contribution in [2.45, 2.75) is 20.0 Å². The molecule has 0 aliphatic carbocycles. The number of hydrogen-bond acceptors (Lipinski definition) is 2. The Morgan fingerprint density at radius 1 is 1.27 bits per heavy atom. The Morgan fingerprint density at radius 3 is 2.20 bits per heavy atom. The highest BCUT2D eigenvalue weighted by Gasteiger charge is 2.22. The lowest BCUT2D eigenvalue weighted by Crippen LogP contribution is -2.19. The van der Waals surface area contributed by atoms with E-state index in [9.17, 15) is 9.18 Å². The molecule has 1 aromatic rings. The first kappa shape index (κ1) is 11.9. The molecule has 0 fully saturated rings. The van der Waals surface area contributed by atoms with E-state index in [4.69, 9.17) is 4.74 Å². The van der Waals surface area contributed by atoms with Gasteiger partial charge >= 0.3 is 0 Å². The summed E-state index contributed by atoms with van der Waals surface area (Å²) >= 11 is 0. The van der Waals surface area contributed by atoms with Gasteiger partial charge < -0.3 is 4.74 Å². The quantitative estimate of drug-likeness (QED) is 0.763. The summed E-state index contributed by atoms with van der Waals surface area (Å²) in [6, 6.07) is 5.80. The van der Waals surface area contributed by atoms with Crippen molar-refractivity contribution in [2.75, 3.05) is 7.11 Å². The van der Waals surface area contributed by atoms with Gasteiger partial charge in [-0.3, -0.25) is 4.79 Å². The van der Waals surface area contributed by atoms with Crippen LogP contribution in [0.4, 0.5) is 4.39 Å². The maximum Gasteiger partial charge on any atom is 0.168 e. The van der Waals surface area contributed by atoms with E-state index in [0.29, 0.717) is 5.56 Å². The summed E-state index contributed by atoms with van der Waals surface area (Å²) in [5.74, 6) is -0.408. The lowest BCUT2D eigenvalue weighted by molar-refractivity contribution is -0.132. The smallest absolute Gasteiger partial charge is 0.168 e. The van der Waals surface area contributed by atoms with E-state index < -0.39 is 6.10 Å². The maximum atomic E-state index is 12.7. The molecule has 82 valence electrons. The van der Waals surface area contributed by atoms with Crippen LogP contribution in [0, 0.1) is 11.7 Å². The zero-order chi connectivity index (χ0) is 11.4. The highest BCUT2D eigenvalue weighted by Crippen LogP contribution is 2.21. The zero-order valence-corrected chi connectivity index (χ0v) is 9.16. The van der Waals surface area contributed by atoms with E-state index in [2.05, 4.69) is 0 Å². The van der Waals surface area contributed by atoms with E-state index in [-0.39, 0.29) is 17.5 Å². The lowest BCUT2D eigenvalue weighted by atomic mass is 9.98. The van der Waals surface area contributed by atoms with Crippen LogP contribution in [0.3, 0.4) is 0 Å². The highest BCUT2D eigenvalue weighted by molar-refractivity contribution is 5.86. The number of ketones is 1. The maximum absolute atomic E-state index is 12.7. The Labute approximate surface area is 89.1 Å². The number of carbonyl (C=O) groups is 1. The van der Waals surface area contributed by atoms with Crippen molar-refractivity contribution < 1.29 is 13.9 Å². The Bertz CT molecular complexity index is 330. The Morgan fingerprint density at radius 2 is 1.80 bits per heavy atom. The number of halogens is 1. The molecule has 1 atom stereocenters. The van der Waals surface area contributed by atoms with Gasteiger partial charge in [0, 0.05) is 13.0 Å². The summed E-state index contributed by atoms with van der Waals surface area (Å²) in [6.07, 6.45) is -0.592. The topological polar surface area (TPSA) is 26.3 Å². The average Bonchev–Trinajstić information content (AvgIpc) is 2.21. The fourth-order valence-corrected chi connectivity index (χ4v) is 1.36. The fourth-order valence-electron chi connectivity index (χ4n) is 1.36. The van der Waals surface area contributed by atoms with Crippen LogP contribution in [0.1, 0.15) is 25.5 Å². The molecule has 15 heavy (non-hydrogen) atoms. The molecule has 3 heteroatoms. The van der Waals surface area contributed by atoms with Crippen LogP contribution < -0.4 is 0 Å². The molecular formula is C12H15FO2. The fraction of sp³-hybridized carbons (Fsp3) is 0.417. The van der Waals surface area contributed by atoms with Crippen molar-refractivity contribution in [1.29, 1.82) is 0 Å². The van der Waals surface area contributed by atoms with Gasteiger partial charge in [0.25, 0.3) is 0 Å². The number of Topliss-reactive ketones (excluding diaryl/α,β-unsaturated/α-hetero) is 1. The predicted molar refractivity (Wildman–Crippen MR) is 56.0 cm³/mol. The predicted octanol–water partition coefficient (Wildman–Crippen LogP) is 2.74. The van der Waals surface area contributed by atoms with Crippen LogP contribution >= 0.6 is 0 Å². The molecular weight excluding hydrogens is 195 g/mol. The molecule has 0 amide bonds. The third-order valence-corrected chi connectivity index (χ3v) is 2.24. The number of methoxy groups -OCH3 is 1. The Hall–Kier alpha value is -1.22. The summed E-state index contributed by atoms with van der Waals surface area (Å²) in [5.41, 5.74) is 0.692. The first-order valence-electron chi connectivity index (χ1n) is 4.88. The number of rotatable bonds is 4. The number of carbonyl (C=O) groups excluding carboxylic acids is 1. The second-order valence-electron chi connectivity index (χ2n) is 3.72. The third kappa shape index (κ3) is 2.86. The second-order valence-corrected chi connectivity index (χ2v) is 3.72. The van der Waals surface area contributed by atoms with Crippen LogP contribution in [-0.4, -0.2) is 12.9 Å². The number of benzene rings is 1. The SMILES string of the molecule is COC(C(=O)C(C)C)c1ccc(F)cc1. The molecule has 0 heterocycles. The molecule has 0 radical (unpaired) electrons. The monoisotopic (exact) mass is 210 g/mol. The molecule has 0 spiro atoms. The summed E-state index contributed by atoms with van der Waals surface area (Å²) in [7, 11) is 1.48. The molecule has 0 aliphatic rings. The van der Waals surface area contributed by atoms with Crippen LogP contribution in [-0.2, 0) is 9.53 Å². The standard InChI is InChI=1S/C12H15FO2/c1-8(2)11(14)12(15-3)9-4-6-10(13)7-5-9/h4-8,12H,1-3H3. The third-order valence-electron chi connectivity index (χ3n) is 2.24. The molecule has 0 bridgehead atoms. The van der Waals surface area contributed by atoms with Gasteiger partial charge in [0.2, 0.25) is 0 Å². The highest BCUT2D eigenvalue weighted by atomic mass is 19.1. The van der Waals surface area contributed by atoms with Crippen molar-refractivity contribution >= 4 is 5.78 Å². The average molecular weight is 210 g/mol. The van der Waals surface area contributed by atoms with Crippen LogP contribution in [0.2, 0.25) is 0 Å². The van der Waals surface area contributed by atoms with Gasteiger partial charge in [-0.1, -0.05) is 26.0 Å². The van der Waals surface area contributed by atoms with Gasteiger partial charge in [0.05, 0.1) is 0 Å². The zero-order valence-electron chi connectivity index (χ0n) is 9.16. The van der Waals surface area contributed by atoms with Gasteiger partial charge in [-0.25, -0.2) is 4.39 Å². The molecule has 0 saturated heterocycles. The molecule has 0 saturated carbocycles. The van der Waals surface area contributed by atoms with Crippen molar-refractivity contribution in [3.05, 3.63) is 35.6 Å². The van der Waals surface area contributed by atoms with Crippen LogP contribution in [0.15, 0.2) is 24.3 Å². The van der Waals surface area contributed by atoms with Gasteiger partial charge in [0.15, 0.2) is 5.78 Å². The van der Waals surface area contributed by atoms with E-state index >= 15 is 0 Å². The Balaban J connectivity index is 2.92. The minimum Gasteiger partial charge on any atom is -0.369 e. The number of hydrogen-bond donors (Lipinski definition) is 0. The Kier molecular flexibility index (Phi) is 3.97. The first-order valence-corrected chi connectivity index (χ1v) is 4.88. The van der Waals surface area contributed by atoms with Crippen molar-refractivity contribution in [3.63, 3.8) is 0 Å². The van der Waals surface area contributed by atoms with E-state index in [1.54, 1.807) is 12.1 Å². The minimum atomic E-state index is -0.592. The molecule has 1 rings (SSSR count). The molecule has 1 aromatic carbocycles. The first-order chi connectivity index (χ1) is 7.06. The molecule has 1 unspecified atom stereocenters. The second kappa shape index (κ2) is 5.03.